The number of hydrogen-bond acceptors (Lipinski definition) is 5. The highest BCUT2D eigenvalue weighted by molar-refractivity contribution is 14.0. The molecule has 1 aromatic heterocycles. The summed E-state index contributed by atoms with van der Waals surface area (Å²) >= 11 is 1.69. The highest BCUT2D eigenvalue weighted by Gasteiger charge is 2.07. The number of aryl methyl sites for hydroxylation is 1. The molecule has 2 rings (SSSR count). The summed E-state index contributed by atoms with van der Waals surface area (Å²) in [6, 6.07) is 5.76. The zero-order valence-corrected chi connectivity index (χ0v) is 18.1. The number of methoxy groups -OCH3 is 2. The number of nitrogens with zero attached hydrogens (tertiary/aromatic N) is 2. The Bertz CT molecular complexity index is 691. The van der Waals surface area contributed by atoms with Crippen LogP contribution in [0.5, 0.6) is 11.5 Å². The lowest BCUT2D eigenvalue weighted by molar-refractivity contribution is 0.390. The van der Waals surface area contributed by atoms with Crippen LogP contribution < -0.4 is 20.1 Å². The third-order valence-electron chi connectivity index (χ3n) is 3.50. The molecular weight excluding hydrogens is 451 g/mol. The van der Waals surface area contributed by atoms with Crippen molar-refractivity contribution < 1.29 is 9.47 Å². The Kier molecular flexibility index (Phi) is 9.58. The van der Waals surface area contributed by atoms with Crippen LogP contribution in [-0.2, 0) is 19.5 Å². The lowest BCUT2D eigenvalue weighted by Crippen LogP contribution is -2.36. The fourth-order valence-electron chi connectivity index (χ4n) is 2.16. The molecule has 25 heavy (non-hydrogen) atoms. The second-order valence-corrected chi connectivity index (χ2v) is 5.99. The quantitative estimate of drug-likeness (QED) is 0.365. The Morgan fingerprint density at radius 1 is 1.20 bits per heavy atom. The van der Waals surface area contributed by atoms with E-state index in [1.165, 1.54) is 0 Å². The molecule has 0 aliphatic rings. The number of nitrogens with one attached hydrogen (secondary N) is 2. The second kappa shape index (κ2) is 11.1. The minimum absolute atomic E-state index is 0. The molecule has 0 saturated heterocycles. The molecule has 0 saturated carbocycles. The highest BCUT2D eigenvalue weighted by atomic mass is 127. The van der Waals surface area contributed by atoms with Crippen molar-refractivity contribution in [3.8, 4) is 11.5 Å². The van der Waals surface area contributed by atoms with Crippen molar-refractivity contribution in [3.63, 3.8) is 0 Å². The molecule has 0 radical (unpaired) electrons. The molecule has 0 bridgehead atoms. The van der Waals surface area contributed by atoms with Crippen LogP contribution in [0.4, 0.5) is 0 Å². The van der Waals surface area contributed by atoms with Crippen LogP contribution >= 0.6 is 35.3 Å². The van der Waals surface area contributed by atoms with E-state index in [9.17, 15) is 0 Å². The van der Waals surface area contributed by atoms with Crippen LogP contribution in [-0.4, -0.2) is 32.2 Å². The van der Waals surface area contributed by atoms with Gasteiger partial charge in [0, 0.05) is 30.6 Å². The van der Waals surface area contributed by atoms with Gasteiger partial charge in [-0.1, -0.05) is 6.92 Å². The monoisotopic (exact) mass is 476 g/mol. The molecule has 1 aromatic carbocycles. The van der Waals surface area contributed by atoms with Gasteiger partial charge in [0.1, 0.15) is 11.5 Å². The van der Waals surface area contributed by atoms with Crippen LogP contribution in [0, 0.1) is 0 Å². The number of ether oxygens (including phenoxy) is 2. The summed E-state index contributed by atoms with van der Waals surface area (Å²) in [4.78, 5) is 8.78. The molecular formula is C17H25IN4O2S. The number of guanidine groups is 1. The van der Waals surface area contributed by atoms with Gasteiger partial charge in [-0.25, -0.2) is 4.98 Å². The van der Waals surface area contributed by atoms with E-state index < -0.39 is 0 Å². The fraction of sp³-hybridized carbons (Fsp3) is 0.412. The maximum absolute atomic E-state index is 5.41. The SMILES string of the molecule is CCc1nc(CNC(=NC)NCc2ccc(OC)cc2OC)cs1.I. The van der Waals surface area contributed by atoms with Gasteiger partial charge in [0.05, 0.1) is 31.5 Å². The van der Waals surface area contributed by atoms with E-state index >= 15 is 0 Å². The van der Waals surface area contributed by atoms with Crippen LogP contribution in [0.1, 0.15) is 23.2 Å². The molecule has 6 nitrogen and oxygen atoms in total. The number of halogens is 1. The Morgan fingerprint density at radius 3 is 2.56 bits per heavy atom. The number of rotatable bonds is 7. The van der Waals surface area contributed by atoms with E-state index in [0.29, 0.717) is 13.1 Å². The highest BCUT2D eigenvalue weighted by Crippen LogP contribution is 2.24. The molecule has 0 unspecified atom stereocenters. The largest absolute Gasteiger partial charge is 0.497 e. The first kappa shape index (κ1) is 21.5. The van der Waals surface area contributed by atoms with Crippen LogP contribution in [0.25, 0.3) is 0 Å². The van der Waals surface area contributed by atoms with Crippen LogP contribution in [0.2, 0.25) is 0 Å². The summed E-state index contributed by atoms with van der Waals surface area (Å²) in [5.74, 6) is 2.27. The summed E-state index contributed by atoms with van der Waals surface area (Å²) < 4.78 is 10.6. The van der Waals surface area contributed by atoms with E-state index in [1.807, 2.05) is 18.2 Å². The molecule has 0 aliphatic carbocycles. The molecule has 0 aliphatic heterocycles. The van der Waals surface area contributed by atoms with Gasteiger partial charge in [-0.15, -0.1) is 35.3 Å². The zero-order chi connectivity index (χ0) is 17.4. The second-order valence-electron chi connectivity index (χ2n) is 5.04. The maximum Gasteiger partial charge on any atom is 0.191 e. The van der Waals surface area contributed by atoms with E-state index in [2.05, 4.69) is 32.9 Å². The van der Waals surface area contributed by atoms with Crippen molar-refractivity contribution >= 4 is 41.3 Å². The Labute approximate surface area is 170 Å². The lowest BCUT2D eigenvalue weighted by Gasteiger charge is -2.14. The molecule has 8 heteroatoms. The van der Waals surface area contributed by atoms with Crippen molar-refractivity contribution in [1.82, 2.24) is 15.6 Å². The third-order valence-corrected chi connectivity index (χ3v) is 4.54. The van der Waals surface area contributed by atoms with Crippen molar-refractivity contribution in [2.45, 2.75) is 26.4 Å². The van der Waals surface area contributed by atoms with E-state index in [0.717, 1.165) is 40.1 Å². The molecule has 2 aromatic rings. The van der Waals surface area contributed by atoms with Crippen molar-refractivity contribution in [3.05, 3.63) is 39.8 Å². The van der Waals surface area contributed by atoms with Crippen molar-refractivity contribution in [2.24, 2.45) is 4.99 Å². The smallest absolute Gasteiger partial charge is 0.191 e. The number of aliphatic imine (C=N–C) groups is 1. The van der Waals surface area contributed by atoms with Crippen molar-refractivity contribution in [1.29, 1.82) is 0 Å². The van der Waals surface area contributed by atoms with Crippen LogP contribution in [0.3, 0.4) is 0 Å². The van der Waals surface area contributed by atoms with Gasteiger partial charge in [0.15, 0.2) is 5.96 Å². The van der Waals surface area contributed by atoms with E-state index in [-0.39, 0.29) is 24.0 Å². The first-order valence-corrected chi connectivity index (χ1v) is 8.66. The van der Waals surface area contributed by atoms with Gasteiger partial charge in [-0.3, -0.25) is 4.99 Å². The average Bonchev–Trinajstić information content (AvgIpc) is 3.09. The minimum Gasteiger partial charge on any atom is -0.497 e. The first-order valence-electron chi connectivity index (χ1n) is 7.78. The molecule has 0 fully saturated rings. The Morgan fingerprint density at radius 2 is 1.96 bits per heavy atom. The molecule has 0 amide bonds. The average molecular weight is 476 g/mol. The van der Waals surface area contributed by atoms with Crippen LogP contribution in [0.15, 0.2) is 28.6 Å². The molecule has 2 N–H and O–H groups in total. The minimum atomic E-state index is 0. The van der Waals surface area contributed by atoms with Gasteiger partial charge in [-0.2, -0.15) is 0 Å². The first-order chi connectivity index (χ1) is 11.7. The fourth-order valence-corrected chi connectivity index (χ4v) is 2.91. The predicted octanol–water partition coefficient (Wildman–Crippen LogP) is 3.21. The Balaban J connectivity index is 0.00000312. The third kappa shape index (κ3) is 6.35. The Hall–Kier alpha value is -1.55. The standard InChI is InChI=1S/C17H24N4O2S.HI/c1-5-16-21-13(11-24-16)10-20-17(18-2)19-9-12-6-7-14(22-3)8-15(12)23-4;/h6-8,11H,5,9-10H2,1-4H3,(H2,18,19,20);1H. The number of hydrogen-bond donors (Lipinski definition) is 2. The van der Waals surface area contributed by atoms with Gasteiger partial charge in [0.2, 0.25) is 0 Å². The topological polar surface area (TPSA) is 67.8 Å². The summed E-state index contributed by atoms with van der Waals surface area (Å²) in [5.41, 5.74) is 2.06. The molecule has 0 spiro atoms. The van der Waals surface area contributed by atoms with Gasteiger partial charge >= 0.3 is 0 Å². The number of thiazole rings is 1. The summed E-state index contributed by atoms with van der Waals surface area (Å²) in [5, 5.41) is 9.78. The maximum atomic E-state index is 5.41. The zero-order valence-electron chi connectivity index (χ0n) is 15.0. The lowest BCUT2D eigenvalue weighted by atomic mass is 10.2. The molecule has 0 atom stereocenters. The summed E-state index contributed by atoms with van der Waals surface area (Å²) in [6.45, 7) is 3.36. The summed E-state index contributed by atoms with van der Waals surface area (Å²) in [7, 11) is 5.04. The molecule has 1 heterocycles. The summed E-state index contributed by atoms with van der Waals surface area (Å²) in [6.07, 6.45) is 0.967. The van der Waals surface area contributed by atoms with Gasteiger partial charge in [0.25, 0.3) is 0 Å². The number of benzene rings is 1. The van der Waals surface area contributed by atoms with E-state index in [4.69, 9.17) is 9.47 Å². The van der Waals surface area contributed by atoms with Crippen molar-refractivity contribution in [2.75, 3.05) is 21.3 Å². The van der Waals surface area contributed by atoms with Gasteiger partial charge < -0.3 is 20.1 Å². The predicted molar refractivity (Wildman–Crippen MR) is 113 cm³/mol. The normalized spacial score (nSPS) is 10.8. The van der Waals surface area contributed by atoms with E-state index in [1.54, 1.807) is 32.6 Å². The van der Waals surface area contributed by atoms with Gasteiger partial charge in [-0.05, 0) is 18.6 Å². The molecule has 138 valence electrons. The number of aromatic nitrogens is 1.